The number of thiazole rings is 1. The predicted octanol–water partition coefficient (Wildman–Crippen LogP) is 1.75. The maximum absolute atomic E-state index is 8.84. The first-order chi connectivity index (χ1) is 9.22. The van der Waals surface area contributed by atoms with Crippen LogP contribution in [0.25, 0.3) is 0 Å². The maximum atomic E-state index is 8.84. The topological polar surface area (TPSA) is 63.0 Å². The van der Waals surface area contributed by atoms with Crippen LogP contribution in [0.1, 0.15) is 35.3 Å². The summed E-state index contributed by atoms with van der Waals surface area (Å²) < 4.78 is 1.75. The third kappa shape index (κ3) is 3.86. The van der Waals surface area contributed by atoms with Crippen molar-refractivity contribution in [1.29, 1.82) is 0 Å². The molecule has 1 atom stereocenters. The summed E-state index contributed by atoms with van der Waals surface area (Å²) >= 11 is 1.76. The average Bonchev–Trinajstić information content (AvgIpc) is 3.05. The maximum Gasteiger partial charge on any atom is 0.109 e. The van der Waals surface area contributed by atoms with Crippen LogP contribution in [0.15, 0.2) is 18.6 Å². The molecule has 0 saturated carbocycles. The second-order valence-corrected chi connectivity index (χ2v) is 5.60. The molecule has 0 fully saturated rings. The van der Waals surface area contributed by atoms with E-state index in [-0.39, 0.29) is 12.6 Å². The van der Waals surface area contributed by atoms with Crippen molar-refractivity contribution in [2.45, 2.75) is 39.4 Å². The second-order valence-electron chi connectivity index (χ2n) is 4.46. The van der Waals surface area contributed by atoms with Crippen LogP contribution in [0, 0.1) is 0 Å². The highest BCUT2D eigenvalue weighted by molar-refractivity contribution is 7.11. The quantitative estimate of drug-likeness (QED) is 0.811. The standard InChI is InChI=1S/C13H20N4OS/c1-3-12-8-15-13(19-12)10(2)14-6-11-7-16-17(9-11)4-5-18/h7-10,14,18H,3-6H2,1-2H3. The fourth-order valence-electron chi connectivity index (χ4n) is 1.77. The molecule has 104 valence electrons. The lowest BCUT2D eigenvalue weighted by Gasteiger charge is -2.09. The van der Waals surface area contributed by atoms with Crippen molar-refractivity contribution in [3.05, 3.63) is 34.0 Å². The molecular weight excluding hydrogens is 260 g/mol. The Morgan fingerprint density at radius 2 is 2.32 bits per heavy atom. The first kappa shape index (κ1) is 14.2. The molecule has 6 heteroatoms. The van der Waals surface area contributed by atoms with Crippen molar-refractivity contribution in [2.75, 3.05) is 6.61 Å². The lowest BCUT2D eigenvalue weighted by molar-refractivity contribution is 0.269. The van der Waals surface area contributed by atoms with E-state index >= 15 is 0 Å². The Bertz CT molecular complexity index is 508. The van der Waals surface area contributed by atoms with Crippen molar-refractivity contribution in [1.82, 2.24) is 20.1 Å². The highest BCUT2D eigenvalue weighted by atomic mass is 32.1. The first-order valence-electron chi connectivity index (χ1n) is 6.53. The smallest absolute Gasteiger partial charge is 0.109 e. The number of hydrogen-bond acceptors (Lipinski definition) is 5. The van der Waals surface area contributed by atoms with Gasteiger partial charge in [-0.15, -0.1) is 11.3 Å². The summed E-state index contributed by atoms with van der Waals surface area (Å²) in [4.78, 5) is 5.75. The van der Waals surface area contributed by atoms with Crippen LogP contribution in [-0.4, -0.2) is 26.5 Å². The van der Waals surface area contributed by atoms with Crippen LogP contribution >= 0.6 is 11.3 Å². The van der Waals surface area contributed by atoms with Gasteiger partial charge >= 0.3 is 0 Å². The lowest BCUT2D eigenvalue weighted by atomic mass is 10.3. The van der Waals surface area contributed by atoms with Gasteiger partial charge in [0, 0.05) is 29.4 Å². The predicted molar refractivity (Wildman–Crippen MR) is 76.1 cm³/mol. The Kier molecular flexibility index (Phi) is 5.07. The van der Waals surface area contributed by atoms with Gasteiger partial charge in [-0.2, -0.15) is 5.10 Å². The molecule has 2 rings (SSSR count). The van der Waals surface area contributed by atoms with Crippen LogP contribution in [0.3, 0.4) is 0 Å². The molecule has 1 unspecified atom stereocenters. The lowest BCUT2D eigenvalue weighted by Crippen LogP contribution is -2.17. The van der Waals surface area contributed by atoms with Crippen LogP contribution < -0.4 is 5.32 Å². The molecule has 2 aromatic rings. The van der Waals surface area contributed by atoms with Gasteiger partial charge in [0.2, 0.25) is 0 Å². The molecule has 2 aromatic heterocycles. The summed E-state index contributed by atoms with van der Waals surface area (Å²) in [5.74, 6) is 0. The molecule has 19 heavy (non-hydrogen) atoms. The number of rotatable bonds is 7. The molecule has 0 aliphatic heterocycles. The van der Waals surface area contributed by atoms with Crippen molar-refractivity contribution >= 4 is 11.3 Å². The van der Waals surface area contributed by atoms with Gasteiger partial charge < -0.3 is 10.4 Å². The van der Waals surface area contributed by atoms with Gasteiger partial charge in [0.25, 0.3) is 0 Å². The molecular formula is C13H20N4OS. The minimum absolute atomic E-state index is 0.115. The van der Waals surface area contributed by atoms with Gasteiger partial charge in [-0.05, 0) is 13.3 Å². The van der Waals surface area contributed by atoms with Gasteiger partial charge in [0.15, 0.2) is 0 Å². The molecule has 0 saturated heterocycles. The summed E-state index contributed by atoms with van der Waals surface area (Å²) in [6.45, 7) is 5.68. The molecule has 0 radical (unpaired) electrons. The van der Waals surface area contributed by atoms with Crippen LogP contribution in [0.2, 0.25) is 0 Å². The average molecular weight is 280 g/mol. The summed E-state index contributed by atoms with van der Waals surface area (Å²) in [6.07, 6.45) is 6.78. The van der Waals surface area contributed by atoms with Gasteiger partial charge in [-0.3, -0.25) is 4.68 Å². The van der Waals surface area contributed by atoms with E-state index in [0.717, 1.165) is 23.5 Å². The first-order valence-corrected chi connectivity index (χ1v) is 7.34. The second kappa shape index (κ2) is 6.79. The van der Waals surface area contributed by atoms with Crippen molar-refractivity contribution in [3.8, 4) is 0 Å². The molecule has 0 aromatic carbocycles. The Morgan fingerprint density at radius 1 is 1.47 bits per heavy atom. The molecule has 0 aliphatic carbocycles. The number of nitrogens with zero attached hydrogens (tertiary/aromatic N) is 3. The van der Waals surface area contributed by atoms with E-state index in [1.807, 2.05) is 18.6 Å². The molecule has 0 spiro atoms. The third-order valence-electron chi connectivity index (χ3n) is 2.92. The summed E-state index contributed by atoms with van der Waals surface area (Å²) in [5, 5.41) is 17.6. The highest BCUT2D eigenvalue weighted by Gasteiger charge is 2.10. The van der Waals surface area contributed by atoms with Crippen LogP contribution in [0.4, 0.5) is 0 Å². The van der Waals surface area contributed by atoms with Gasteiger partial charge in [-0.25, -0.2) is 4.98 Å². The van der Waals surface area contributed by atoms with Gasteiger partial charge in [-0.1, -0.05) is 6.92 Å². The molecule has 0 amide bonds. The zero-order chi connectivity index (χ0) is 13.7. The summed E-state index contributed by atoms with van der Waals surface area (Å²) in [5.41, 5.74) is 1.12. The molecule has 5 nitrogen and oxygen atoms in total. The summed E-state index contributed by atoms with van der Waals surface area (Å²) in [6, 6.07) is 0.242. The van der Waals surface area contributed by atoms with E-state index in [0.29, 0.717) is 6.54 Å². The number of nitrogens with one attached hydrogen (secondary N) is 1. The summed E-state index contributed by atoms with van der Waals surface area (Å²) in [7, 11) is 0. The zero-order valence-electron chi connectivity index (χ0n) is 11.3. The van der Waals surface area contributed by atoms with Gasteiger partial charge in [0.05, 0.1) is 25.4 Å². The number of aliphatic hydroxyl groups excluding tert-OH is 1. The Balaban J connectivity index is 1.86. The Morgan fingerprint density at radius 3 is 3.00 bits per heavy atom. The van der Waals surface area contributed by atoms with Crippen LogP contribution in [0.5, 0.6) is 0 Å². The van der Waals surface area contributed by atoms with Gasteiger partial charge in [0.1, 0.15) is 5.01 Å². The Labute approximate surface area is 117 Å². The number of aromatic nitrogens is 3. The molecule has 2 heterocycles. The fourth-order valence-corrected chi connectivity index (χ4v) is 2.65. The van der Waals surface area contributed by atoms with Crippen LogP contribution in [-0.2, 0) is 19.5 Å². The Hall–Kier alpha value is -1.24. The number of hydrogen-bond donors (Lipinski definition) is 2. The number of aryl methyl sites for hydroxylation is 1. The van der Waals surface area contributed by atoms with Crippen molar-refractivity contribution < 1.29 is 5.11 Å². The molecule has 0 aliphatic rings. The minimum Gasteiger partial charge on any atom is -0.394 e. The van der Waals surface area contributed by atoms with E-state index in [9.17, 15) is 0 Å². The fraction of sp³-hybridized carbons (Fsp3) is 0.538. The van der Waals surface area contributed by atoms with E-state index in [1.54, 1.807) is 16.0 Å². The molecule has 0 bridgehead atoms. The normalized spacial score (nSPS) is 12.8. The van der Waals surface area contributed by atoms with E-state index in [1.165, 1.54) is 4.88 Å². The monoisotopic (exact) mass is 280 g/mol. The zero-order valence-corrected chi connectivity index (χ0v) is 12.2. The SMILES string of the molecule is CCc1cnc(C(C)NCc2cnn(CCO)c2)s1. The van der Waals surface area contributed by atoms with E-state index in [2.05, 4.69) is 29.2 Å². The minimum atomic E-state index is 0.115. The van der Waals surface area contributed by atoms with Crippen molar-refractivity contribution in [2.24, 2.45) is 0 Å². The van der Waals surface area contributed by atoms with Crippen molar-refractivity contribution in [3.63, 3.8) is 0 Å². The third-order valence-corrected chi connectivity index (χ3v) is 4.24. The van der Waals surface area contributed by atoms with E-state index in [4.69, 9.17) is 5.11 Å². The molecule has 2 N–H and O–H groups in total. The number of aliphatic hydroxyl groups is 1. The largest absolute Gasteiger partial charge is 0.394 e. The highest BCUT2D eigenvalue weighted by Crippen LogP contribution is 2.20. The van der Waals surface area contributed by atoms with E-state index < -0.39 is 0 Å².